The first kappa shape index (κ1) is 28.3. The minimum atomic E-state index is -1.47. The van der Waals surface area contributed by atoms with Crippen LogP contribution in [0.3, 0.4) is 0 Å². The molecule has 2 aliphatic carbocycles. The van der Waals surface area contributed by atoms with Crippen molar-refractivity contribution in [2.75, 3.05) is 0 Å². The van der Waals surface area contributed by atoms with E-state index >= 15 is 0 Å². The standard InChI is InChI=1S/C49H35N3/c1-3-15-34(16-4-1)46-50-47(35-17-5-2-6-18-35)52-48(51-46)40-22-12-21-38(31-40)36-19-11-20-37(30-36)39-27-28-42-41-24-8-10-26-44(41)49(45(42)32-39)29-13-23-33-14-7-9-25-43(33)49/h1-12,14-22,24-28,30-32H,13,23,29H2/i29D2. The van der Waals surface area contributed by atoms with Crippen LogP contribution in [0.5, 0.6) is 0 Å². The van der Waals surface area contributed by atoms with Crippen LogP contribution in [0.2, 0.25) is 0 Å². The van der Waals surface area contributed by atoms with Gasteiger partial charge in [-0.1, -0.05) is 158 Å². The molecule has 8 aromatic rings. The van der Waals surface area contributed by atoms with E-state index in [9.17, 15) is 2.74 Å². The van der Waals surface area contributed by atoms with Crippen molar-refractivity contribution in [3.05, 3.63) is 198 Å². The predicted octanol–water partition coefficient (Wildman–Crippen LogP) is 11.9. The molecule has 0 aliphatic heterocycles. The molecule has 1 aromatic heterocycles. The second-order valence-electron chi connectivity index (χ2n) is 13.6. The highest BCUT2D eigenvalue weighted by Gasteiger charge is 2.46. The molecule has 3 nitrogen and oxygen atoms in total. The second kappa shape index (κ2) is 12.4. The van der Waals surface area contributed by atoms with Crippen LogP contribution < -0.4 is 0 Å². The van der Waals surface area contributed by atoms with E-state index in [1.807, 2.05) is 60.7 Å². The number of benzene rings is 7. The summed E-state index contributed by atoms with van der Waals surface area (Å²) in [6.45, 7) is 0. The Bertz CT molecular complexity index is 2650. The van der Waals surface area contributed by atoms with E-state index in [1.54, 1.807) is 0 Å². The lowest BCUT2D eigenvalue weighted by Gasteiger charge is -2.38. The molecule has 52 heavy (non-hydrogen) atoms. The Morgan fingerprint density at radius 3 is 1.54 bits per heavy atom. The highest BCUT2D eigenvalue weighted by atomic mass is 15.0. The van der Waals surface area contributed by atoms with Gasteiger partial charge in [0, 0.05) is 24.8 Å². The Balaban J connectivity index is 1.07. The zero-order chi connectivity index (χ0) is 36.3. The summed E-state index contributed by atoms with van der Waals surface area (Å²) in [5.41, 5.74) is 12.8. The molecule has 0 saturated heterocycles. The van der Waals surface area contributed by atoms with Crippen molar-refractivity contribution in [2.45, 2.75) is 24.6 Å². The summed E-state index contributed by atoms with van der Waals surface area (Å²) in [4.78, 5) is 14.8. The van der Waals surface area contributed by atoms with Crippen LogP contribution in [-0.4, -0.2) is 15.0 Å². The Hall–Kier alpha value is -6.45. The number of rotatable bonds is 5. The number of hydrogen-bond donors (Lipinski definition) is 0. The van der Waals surface area contributed by atoms with Gasteiger partial charge in [-0.2, -0.15) is 0 Å². The third-order valence-electron chi connectivity index (χ3n) is 10.6. The van der Waals surface area contributed by atoms with Crippen molar-refractivity contribution in [2.24, 2.45) is 0 Å². The summed E-state index contributed by atoms with van der Waals surface area (Å²) in [6, 6.07) is 60.6. The van der Waals surface area contributed by atoms with Crippen LogP contribution in [0.1, 0.15) is 37.8 Å². The fraction of sp³-hybridized carbons (Fsp3) is 0.0816. The molecule has 2 aliphatic rings. The van der Waals surface area contributed by atoms with E-state index in [1.165, 1.54) is 5.56 Å². The monoisotopic (exact) mass is 667 g/mol. The summed E-state index contributed by atoms with van der Waals surface area (Å²) in [5.74, 6) is 1.88. The predicted molar refractivity (Wildman–Crippen MR) is 212 cm³/mol. The summed E-state index contributed by atoms with van der Waals surface area (Å²) < 4.78 is 19.3. The van der Waals surface area contributed by atoms with Crippen LogP contribution in [-0.2, 0) is 11.8 Å². The molecule has 1 spiro atoms. The highest BCUT2D eigenvalue weighted by Crippen LogP contribution is 2.57. The molecule has 0 bridgehead atoms. The van der Waals surface area contributed by atoms with E-state index in [0.29, 0.717) is 23.9 Å². The molecule has 0 amide bonds. The molecule has 1 unspecified atom stereocenters. The van der Waals surface area contributed by atoms with Crippen molar-refractivity contribution in [3.63, 3.8) is 0 Å². The number of aryl methyl sites for hydroxylation is 1. The van der Waals surface area contributed by atoms with Crippen molar-refractivity contribution in [1.29, 1.82) is 0 Å². The summed E-state index contributed by atoms with van der Waals surface area (Å²) in [7, 11) is 0. The maximum atomic E-state index is 9.65. The smallest absolute Gasteiger partial charge is 0.164 e. The van der Waals surface area contributed by atoms with Crippen LogP contribution >= 0.6 is 0 Å². The van der Waals surface area contributed by atoms with Gasteiger partial charge in [0.2, 0.25) is 0 Å². The van der Waals surface area contributed by atoms with Crippen molar-refractivity contribution in [1.82, 2.24) is 15.0 Å². The molecule has 10 rings (SSSR count). The maximum absolute atomic E-state index is 9.65. The minimum Gasteiger partial charge on any atom is -0.208 e. The van der Waals surface area contributed by atoms with Gasteiger partial charge in [-0.05, 0) is 93.0 Å². The van der Waals surface area contributed by atoms with Gasteiger partial charge in [0.25, 0.3) is 0 Å². The highest BCUT2D eigenvalue weighted by molar-refractivity contribution is 5.87. The van der Waals surface area contributed by atoms with E-state index in [-0.39, 0.29) is 0 Å². The number of fused-ring (bicyclic) bond motifs is 7. The Kier molecular flexibility index (Phi) is 6.74. The average Bonchev–Trinajstić information content (AvgIpc) is 3.54. The summed E-state index contributed by atoms with van der Waals surface area (Å²) in [6.07, 6.45) is -0.275. The van der Waals surface area contributed by atoms with Gasteiger partial charge >= 0.3 is 0 Å². The molecule has 0 N–H and O–H groups in total. The van der Waals surface area contributed by atoms with Crippen LogP contribution in [0.15, 0.2) is 176 Å². The van der Waals surface area contributed by atoms with Gasteiger partial charge in [-0.15, -0.1) is 0 Å². The lowest BCUT2D eigenvalue weighted by Crippen LogP contribution is -2.31. The van der Waals surface area contributed by atoms with Crippen molar-refractivity contribution < 1.29 is 2.74 Å². The van der Waals surface area contributed by atoms with E-state index in [0.717, 1.165) is 73.2 Å². The van der Waals surface area contributed by atoms with Gasteiger partial charge < -0.3 is 0 Å². The molecule has 0 saturated carbocycles. The van der Waals surface area contributed by atoms with E-state index < -0.39 is 11.8 Å². The van der Waals surface area contributed by atoms with Crippen LogP contribution in [0.25, 0.3) is 67.5 Å². The number of nitrogens with zero attached hydrogens (tertiary/aromatic N) is 3. The van der Waals surface area contributed by atoms with Crippen LogP contribution in [0.4, 0.5) is 0 Å². The number of aromatic nitrogens is 3. The van der Waals surface area contributed by atoms with E-state index in [4.69, 9.17) is 15.0 Å². The molecule has 246 valence electrons. The first-order valence-corrected chi connectivity index (χ1v) is 17.9. The number of hydrogen-bond acceptors (Lipinski definition) is 3. The average molecular weight is 668 g/mol. The van der Waals surface area contributed by atoms with Gasteiger partial charge in [0.15, 0.2) is 17.5 Å². The third kappa shape index (κ3) is 5.00. The van der Waals surface area contributed by atoms with Gasteiger partial charge in [0.1, 0.15) is 0 Å². The molecule has 0 radical (unpaired) electrons. The summed E-state index contributed by atoms with van der Waals surface area (Å²) >= 11 is 0. The lowest BCUT2D eigenvalue weighted by atomic mass is 9.64. The quantitative estimate of drug-likeness (QED) is 0.183. The molecule has 7 aromatic carbocycles. The molecule has 1 atom stereocenters. The molecular formula is C49H35N3. The minimum absolute atomic E-state index is 0.467. The zero-order valence-electron chi connectivity index (χ0n) is 30.5. The van der Waals surface area contributed by atoms with Gasteiger partial charge in [-0.25, -0.2) is 15.0 Å². The fourth-order valence-electron chi connectivity index (χ4n) is 8.18. The Morgan fingerprint density at radius 1 is 0.385 bits per heavy atom. The zero-order valence-corrected chi connectivity index (χ0v) is 28.5. The normalized spacial score (nSPS) is 17.1. The summed E-state index contributed by atoms with van der Waals surface area (Å²) in [5, 5.41) is 0. The van der Waals surface area contributed by atoms with Crippen molar-refractivity contribution >= 4 is 0 Å². The van der Waals surface area contributed by atoms with Gasteiger partial charge in [0.05, 0.1) is 0 Å². The largest absolute Gasteiger partial charge is 0.208 e. The Labute approximate surface area is 307 Å². The molecule has 3 heteroatoms. The first-order chi connectivity index (χ1) is 26.5. The lowest BCUT2D eigenvalue weighted by molar-refractivity contribution is 0.507. The van der Waals surface area contributed by atoms with Gasteiger partial charge in [-0.3, -0.25) is 0 Å². The molecular weight excluding hydrogens is 631 g/mol. The molecule has 1 heterocycles. The topological polar surface area (TPSA) is 38.7 Å². The molecule has 0 fully saturated rings. The van der Waals surface area contributed by atoms with Crippen LogP contribution in [0, 0.1) is 0 Å². The van der Waals surface area contributed by atoms with E-state index in [2.05, 4.69) is 115 Å². The maximum Gasteiger partial charge on any atom is 0.164 e. The Morgan fingerprint density at radius 2 is 0.865 bits per heavy atom. The third-order valence-corrected chi connectivity index (χ3v) is 10.6. The SMILES string of the molecule is [2H]C1([2H])CCc2ccccc2C12c1ccccc1-c1ccc(-c3cccc(-c4cccc(-c5nc(-c6ccccc6)nc(-c6ccccc6)n5)c4)c3)cc12. The second-order valence-corrected chi connectivity index (χ2v) is 13.6. The first-order valence-electron chi connectivity index (χ1n) is 18.9. The fourth-order valence-corrected chi connectivity index (χ4v) is 8.18. The van der Waals surface area contributed by atoms with Crippen molar-refractivity contribution in [3.8, 4) is 67.5 Å².